The summed E-state index contributed by atoms with van der Waals surface area (Å²) in [5.41, 5.74) is 47.0. The van der Waals surface area contributed by atoms with Crippen LogP contribution in [0.2, 0.25) is 0 Å². The Morgan fingerprint density at radius 2 is 0.374 bits per heavy atom. The number of rotatable bonds is 14. The van der Waals surface area contributed by atoms with Crippen molar-refractivity contribution in [3.05, 3.63) is 590 Å². The number of benzene rings is 15. The molecule has 0 N–H and O–H groups in total. The van der Waals surface area contributed by atoms with E-state index in [1.165, 1.54) is 122 Å². The molecule has 0 radical (unpaired) electrons. The highest BCUT2D eigenvalue weighted by molar-refractivity contribution is 5.99. The van der Waals surface area contributed by atoms with Crippen LogP contribution in [0.25, 0.3) is 191 Å². The van der Waals surface area contributed by atoms with Crippen LogP contribution >= 0.6 is 0 Å². The van der Waals surface area contributed by atoms with Gasteiger partial charge in [0.05, 0.1) is 56.1 Å². The summed E-state index contributed by atoms with van der Waals surface area (Å²) in [6.45, 7) is 0. The summed E-state index contributed by atoms with van der Waals surface area (Å²) in [6.07, 6.45) is 20.1. The number of fused-ring (bicyclic) bond motifs is 23. The van der Waals surface area contributed by atoms with Gasteiger partial charge in [-0.05, 0) is 248 Å². The highest BCUT2D eigenvalue weighted by Crippen LogP contribution is 2.66. The molecule has 2 spiro atoms. The summed E-state index contributed by atoms with van der Waals surface area (Å²) < 4.78 is 0. The van der Waals surface area contributed by atoms with Crippen LogP contribution in [-0.4, -0.2) is 59.8 Å². The Balaban J connectivity index is 0.000000109. The number of hydrogen-bond acceptors (Lipinski definition) is 12. The quantitative estimate of drug-likeness (QED) is 0.102. The van der Waals surface area contributed by atoms with Crippen molar-refractivity contribution in [2.24, 2.45) is 0 Å². The van der Waals surface area contributed by atoms with E-state index in [1.807, 2.05) is 110 Å². The van der Waals surface area contributed by atoms with Gasteiger partial charge in [-0.25, -0.2) is 29.9 Å². The molecular formula is C135H86N12. The fourth-order valence-electron chi connectivity index (χ4n) is 23.3. The van der Waals surface area contributed by atoms with Gasteiger partial charge in [-0.3, -0.25) is 29.9 Å². The van der Waals surface area contributed by atoms with Gasteiger partial charge in [0.15, 0.2) is 17.5 Å². The predicted molar refractivity (Wildman–Crippen MR) is 588 cm³/mol. The first-order valence-electron chi connectivity index (χ1n) is 49.5. The summed E-state index contributed by atoms with van der Waals surface area (Å²) in [4.78, 5) is 57.4. The number of nitrogens with zero attached hydrogens (tertiary/aromatic N) is 12. The van der Waals surface area contributed by atoms with E-state index in [0.717, 1.165) is 118 Å². The molecule has 0 fully saturated rings. The summed E-state index contributed by atoms with van der Waals surface area (Å²) in [6, 6.07) is 162. The minimum Gasteiger partial charge on any atom is -0.265 e. The highest BCUT2D eigenvalue weighted by Gasteiger charge is 2.54. The molecule has 0 saturated carbocycles. The third-order valence-corrected chi connectivity index (χ3v) is 29.8. The van der Waals surface area contributed by atoms with Gasteiger partial charge in [-0.15, -0.1) is 0 Å². The van der Waals surface area contributed by atoms with Crippen LogP contribution < -0.4 is 0 Å². The molecule has 12 nitrogen and oxygen atoms in total. The van der Waals surface area contributed by atoms with E-state index in [0.29, 0.717) is 17.5 Å². The van der Waals surface area contributed by atoms with Gasteiger partial charge < -0.3 is 0 Å². The normalized spacial score (nSPS) is 12.9. The van der Waals surface area contributed by atoms with Crippen molar-refractivity contribution in [3.8, 4) is 191 Å². The molecule has 0 amide bonds. The lowest BCUT2D eigenvalue weighted by atomic mass is 9.67. The van der Waals surface area contributed by atoms with Gasteiger partial charge in [0.25, 0.3) is 0 Å². The lowest BCUT2D eigenvalue weighted by Gasteiger charge is -2.34. The minimum atomic E-state index is -0.504. The molecule has 15 aromatic carbocycles. The lowest BCUT2D eigenvalue weighted by molar-refractivity contribution is 0.768. The Kier molecular flexibility index (Phi) is 21.3. The highest BCUT2D eigenvalue weighted by atomic mass is 14.9. The molecular weight excluding hydrogens is 1790 g/mol. The van der Waals surface area contributed by atoms with Gasteiger partial charge in [0, 0.05) is 124 Å². The summed E-state index contributed by atoms with van der Waals surface area (Å²) in [5, 5.41) is 0. The average molecular weight is 1880 g/mol. The third kappa shape index (κ3) is 14.6. The van der Waals surface area contributed by atoms with Gasteiger partial charge in [-0.2, -0.15) is 0 Å². The molecule has 0 saturated heterocycles. The number of pyridine rings is 6. The first-order valence-corrected chi connectivity index (χ1v) is 49.5. The monoisotopic (exact) mass is 1870 g/mol. The smallest absolute Gasteiger partial charge is 0.160 e. The van der Waals surface area contributed by atoms with Crippen LogP contribution in [0, 0.1) is 0 Å². The SMILES string of the molecule is c1ccc(-c2ccc(-c3cc(-c4cccnc4)nc(-c4ccc5c(c4)C4(c6ccccc6-c6ccccc64)c4ccccc4-5)n3)cc2)nc1.c1ccc(C2(c3ccccc3)c3ccccc3-c3ccc(-c4nc(-c5ccc(-c6cccnc6)cc5)cc(-c5cccnc5)n4)cc32)cc1.c1cncc(-c2cc(-c3ccc(-c4ccncc4)cc3)nc(-c3ccc4c(c3)C3(c5ccccc5-c5ccccc53)c3ccccc3-4)n2)c1. The zero-order chi connectivity index (χ0) is 97.4. The van der Waals surface area contributed by atoms with Crippen molar-refractivity contribution >= 4 is 0 Å². The molecule has 0 bridgehead atoms. The van der Waals surface area contributed by atoms with Crippen molar-refractivity contribution in [2.45, 2.75) is 16.2 Å². The Morgan fingerprint density at radius 3 is 0.680 bits per heavy atom. The van der Waals surface area contributed by atoms with Gasteiger partial charge >= 0.3 is 0 Å². The van der Waals surface area contributed by atoms with Gasteiger partial charge in [-0.1, -0.05) is 352 Å². The molecule has 147 heavy (non-hydrogen) atoms. The Hall–Kier alpha value is -19.6. The van der Waals surface area contributed by atoms with E-state index in [-0.39, 0.29) is 0 Å². The number of aromatic nitrogens is 12. The lowest BCUT2D eigenvalue weighted by Crippen LogP contribution is -2.28. The van der Waals surface area contributed by atoms with E-state index in [4.69, 9.17) is 29.9 Å². The van der Waals surface area contributed by atoms with Crippen LogP contribution in [-0.2, 0) is 16.2 Å². The number of hydrogen-bond donors (Lipinski definition) is 0. The molecule has 0 unspecified atom stereocenters. The molecule has 12 heteroatoms. The first kappa shape index (κ1) is 86.5. The summed E-state index contributed by atoms with van der Waals surface area (Å²) >= 11 is 0. The Bertz CT molecular complexity index is 8290. The second kappa shape index (κ2) is 36.2. The first-order chi connectivity index (χ1) is 72.9. The molecule has 5 aliphatic carbocycles. The van der Waals surface area contributed by atoms with E-state index in [1.54, 1.807) is 24.8 Å². The van der Waals surface area contributed by atoms with Crippen molar-refractivity contribution < 1.29 is 0 Å². The maximum atomic E-state index is 5.24. The third-order valence-electron chi connectivity index (χ3n) is 29.8. The predicted octanol–water partition coefficient (Wildman–Crippen LogP) is 30.9. The topological polar surface area (TPSA) is 155 Å². The Labute approximate surface area is 850 Å². The summed E-state index contributed by atoms with van der Waals surface area (Å²) in [7, 11) is 0. The largest absolute Gasteiger partial charge is 0.265 e. The van der Waals surface area contributed by atoms with E-state index in [9.17, 15) is 0 Å². The second-order valence-corrected chi connectivity index (χ2v) is 37.6. The fourth-order valence-corrected chi connectivity index (χ4v) is 23.3. The van der Waals surface area contributed by atoms with Crippen LogP contribution in [0.15, 0.2) is 523 Å². The van der Waals surface area contributed by atoms with E-state index >= 15 is 0 Å². The van der Waals surface area contributed by atoms with Crippen molar-refractivity contribution in [2.75, 3.05) is 0 Å². The van der Waals surface area contributed by atoms with Crippen molar-refractivity contribution in [3.63, 3.8) is 0 Å². The standard InChI is InChI=1S/2C45H28N4.C45H30N4/c1-4-14-37-33(11-1)34-12-2-5-15-38(34)45(37)39-16-6-3-13-35(39)36-23-22-31(26-40(36)45)44-48-42(27-43(49-44)32-10-9-24-46-28-32)30-20-18-29(19-21-30)41-17-7-8-25-47-41;1-4-12-38-34(9-1)35-10-2-5-13-39(35)45(38)40-14-6-3-11-36(40)37-20-19-32(26-41(37)45)44-48-42(27-43(49-44)33-8-7-23-47-28-33)31-17-15-29(16-18-31)30-21-24-46-25-22-30;1-3-13-36(14-4-1)45(37-15-5-2-6-16-37)40-18-8-7-17-38(40)39-24-23-33(27-41(39)45)44-48-42(28-43(49-44)35-12-10-26-47-30-35)32-21-19-31(20-22-32)34-11-9-25-46-29-34/h2*1-28H;1-30H. The molecule has 0 aliphatic heterocycles. The molecule has 9 aromatic heterocycles. The van der Waals surface area contributed by atoms with Crippen LogP contribution in [0.3, 0.4) is 0 Å². The maximum absolute atomic E-state index is 5.24. The molecule has 24 aromatic rings. The Morgan fingerprint density at radius 1 is 0.129 bits per heavy atom. The van der Waals surface area contributed by atoms with Gasteiger partial charge in [0.2, 0.25) is 0 Å². The van der Waals surface area contributed by atoms with E-state index in [2.05, 4.69) is 418 Å². The maximum Gasteiger partial charge on any atom is 0.160 e. The summed E-state index contributed by atoms with van der Waals surface area (Å²) in [5.74, 6) is 2.03. The van der Waals surface area contributed by atoms with E-state index < -0.39 is 16.2 Å². The molecule has 0 atom stereocenters. The molecule has 9 heterocycles. The van der Waals surface area contributed by atoms with Crippen LogP contribution in [0.1, 0.15) is 66.8 Å². The zero-order valence-corrected chi connectivity index (χ0v) is 79.5. The molecule has 686 valence electrons. The van der Waals surface area contributed by atoms with Crippen molar-refractivity contribution in [1.29, 1.82) is 0 Å². The minimum absolute atomic E-state index is 0.429. The zero-order valence-electron chi connectivity index (χ0n) is 79.5. The van der Waals surface area contributed by atoms with Crippen molar-refractivity contribution in [1.82, 2.24) is 59.8 Å². The fraction of sp³-hybridized carbons (Fsp3) is 0.0222. The van der Waals surface area contributed by atoms with Crippen LogP contribution in [0.4, 0.5) is 0 Å². The second-order valence-electron chi connectivity index (χ2n) is 37.6. The molecule has 29 rings (SSSR count). The van der Waals surface area contributed by atoms with Gasteiger partial charge in [0.1, 0.15) is 0 Å². The van der Waals surface area contributed by atoms with Crippen LogP contribution in [0.5, 0.6) is 0 Å². The molecule has 5 aliphatic rings. The average Bonchev–Trinajstić information content (AvgIpc) is 1.51.